The second kappa shape index (κ2) is 9.36. The standard InChI is InChI=1S/C17H32O5/c1-5-7-16(3)9-11-19-12-10-17(4,8-6-2)14-21-22-15(18)20-13-16/h5-14H2,1-4H3. The molecule has 0 aromatic carbocycles. The zero-order valence-electron chi connectivity index (χ0n) is 14.6. The van der Waals surface area contributed by atoms with Gasteiger partial charge in [0.2, 0.25) is 0 Å². The smallest absolute Gasteiger partial charge is 0.432 e. The molecule has 22 heavy (non-hydrogen) atoms. The predicted octanol–water partition coefficient (Wildman–Crippen LogP) is 4.49. The van der Waals surface area contributed by atoms with Crippen LogP contribution in [0, 0.1) is 10.8 Å². The lowest BCUT2D eigenvalue weighted by molar-refractivity contribution is -0.273. The molecular weight excluding hydrogens is 284 g/mol. The third kappa shape index (κ3) is 6.97. The maximum absolute atomic E-state index is 11.6. The highest BCUT2D eigenvalue weighted by Crippen LogP contribution is 2.31. The van der Waals surface area contributed by atoms with E-state index in [-0.39, 0.29) is 10.8 Å². The van der Waals surface area contributed by atoms with Gasteiger partial charge in [-0.25, -0.2) is 4.79 Å². The van der Waals surface area contributed by atoms with Crippen LogP contribution < -0.4 is 0 Å². The molecule has 1 aliphatic heterocycles. The van der Waals surface area contributed by atoms with Crippen LogP contribution in [0.5, 0.6) is 0 Å². The molecule has 0 radical (unpaired) electrons. The van der Waals surface area contributed by atoms with Crippen molar-refractivity contribution in [2.75, 3.05) is 26.4 Å². The Morgan fingerprint density at radius 2 is 1.50 bits per heavy atom. The molecule has 0 aromatic heterocycles. The van der Waals surface area contributed by atoms with Gasteiger partial charge in [-0.05, 0) is 31.1 Å². The molecule has 1 aliphatic rings. The summed E-state index contributed by atoms with van der Waals surface area (Å²) in [6.07, 6.45) is 5.10. The maximum Gasteiger partial charge on any atom is 0.540 e. The number of carbonyl (C=O) groups excluding carboxylic acids is 1. The summed E-state index contributed by atoms with van der Waals surface area (Å²) in [4.78, 5) is 21.5. The fraction of sp³-hybridized carbons (Fsp3) is 0.941. The highest BCUT2D eigenvalue weighted by Gasteiger charge is 2.29. The highest BCUT2D eigenvalue weighted by molar-refractivity contribution is 5.59. The second-order valence-corrected chi connectivity index (χ2v) is 7.12. The number of hydrogen-bond donors (Lipinski definition) is 0. The average Bonchev–Trinajstić information content (AvgIpc) is 2.46. The van der Waals surface area contributed by atoms with Gasteiger partial charge in [0.1, 0.15) is 6.61 Å². The van der Waals surface area contributed by atoms with Crippen molar-refractivity contribution in [2.45, 2.75) is 66.2 Å². The van der Waals surface area contributed by atoms with Gasteiger partial charge in [0.05, 0.1) is 6.61 Å². The SMILES string of the molecule is CCCC1(C)CCOCCC(C)(CCC)COC(=O)OOC1. The molecule has 0 aromatic rings. The minimum absolute atomic E-state index is 0.0458. The van der Waals surface area contributed by atoms with Crippen LogP contribution in [0.25, 0.3) is 0 Å². The Hall–Kier alpha value is -0.810. The van der Waals surface area contributed by atoms with Gasteiger partial charge in [-0.15, -0.1) is 0 Å². The first kappa shape index (κ1) is 19.2. The first-order valence-electron chi connectivity index (χ1n) is 8.47. The van der Waals surface area contributed by atoms with Gasteiger partial charge in [0.25, 0.3) is 0 Å². The minimum atomic E-state index is -0.749. The van der Waals surface area contributed by atoms with Crippen LogP contribution in [0.1, 0.15) is 66.2 Å². The average molecular weight is 316 g/mol. The van der Waals surface area contributed by atoms with E-state index in [0.717, 1.165) is 38.5 Å². The number of carbonyl (C=O) groups is 1. The van der Waals surface area contributed by atoms with Gasteiger partial charge in [-0.3, -0.25) is 4.89 Å². The molecule has 5 heteroatoms. The molecule has 1 rings (SSSR count). The molecule has 1 heterocycles. The first-order chi connectivity index (χ1) is 10.4. The molecule has 0 aliphatic carbocycles. The lowest BCUT2D eigenvalue weighted by Crippen LogP contribution is -2.27. The van der Waals surface area contributed by atoms with Crippen LogP contribution in [0.4, 0.5) is 4.79 Å². The van der Waals surface area contributed by atoms with Crippen LogP contribution in [-0.2, 0) is 19.2 Å². The number of rotatable bonds is 4. The molecule has 0 N–H and O–H groups in total. The van der Waals surface area contributed by atoms with Gasteiger partial charge < -0.3 is 9.47 Å². The Morgan fingerprint density at radius 3 is 2.05 bits per heavy atom. The fourth-order valence-electron chi connectivity index (χ4n) is 2.96. The quantitative estimate of drug-likeness (QED) is 0.565. The molecule has 130 valence electrons. The van der Waals surface area contributed by atoms with Crippen molar-refractivity contribution in [3.63, 3.8) is 0 Å². The Labute approximate surface area is 134 Å². The molecule has 0 amide bonds. The van der Waals surface area contributed by atoms with Gasteiger partial charge >= 0.3 is 6.16 Å². The van der Waals surface area contributed by atoms with E-state index in [2.05, 4.69) is 27.7 Å². The molecule has 0 bridgehead atoms. The van der Waals surface area contributed by atoms with Crippen molar-refractivity contribution in [3.8, 4) is 0 Å². The topological polar surface area (TPSA) is 54.0 Å². The monoisotopic (exact) mass is 316 g/mol. The van der Waals surface area contributed by atoms with E-state index in [1.54, 1.807) is 0 Å². The van der Waals surface area contributed by atoms with E-state index in [0.29, 0.717) is 26.4 Å². The summed E-state index contributed by atoms with van der Waals surface area (Å²) in [7, 11) is 0. The molecule has 0 saturated carbocycles. The fourth-order valence-corrected chi connectivity index (χ4v) is 2.96. The predicted molar refractivity (Wildman–Crippen MR) is 84.5 cm³/mol. The van der Waals surface area contributed by atoms with E-state index in [1.807, 2.05) is 0 Å². The molecule has 0 spiro atoms. The third-order valence-corrected chi connectivity index (χ3v) is 4.48. The van der Waals surface area contributed by atoms with Crippen molar-refractivity contribution in [1.29, 1.82) is 0 Å². The van der Waals surface area contributed by atoms with Crippen molar-refractivity contribution in [2.24, 2.45) is 10.8 Å². The van der Waals surface area contributed by atoms with Gasteiger partial charge in [0.15, 0.2) is 0 Å². The summed E-state index contributed by atoms with van der Waals surface area (Å²) < 4.78 is 11.0. The molecular formula is C17H32O5. The number of hydrogen-bond acceptors (Lipinski definition) is 5. The highest BCUT2D eigenvalue weighted by atomic mass is 17.2. The first-order valence-corrected chi connectivity index (χ1v) is 8.47. The van der Waals surface area contributed by atoms with Crippen molar-refractivity contribution >= 4 is 6.16 Å². The Bertz CT molecular complexity index is 333. The molecule has 1 saturated heterocycles. The van der Waals surface area contributed by atoms with Crippen molar-refractivity contribution in [3.05, 3.63) is 0 Å². The summed E-state index contributed by atoms with van der Waals surface area (Å²) >= 11 is 0. The zero-order chi connectivity index (χ0) is 16.5. The largest absolute Gasteiger partial charge is 0.540 e. The summed E-state index contributed by atoms with van der Waals surface area (Å²) in [6, 6.07) is 0. The van der Waals surface area contributed by atoms with E-state index < -0.39 is 6.16 Å². The lowest BCUT2D eigenvalue weighted by atomic mass is 9.83. The van der Waals surface area contributed by atoms with Gasteiger partial charge in [0, 0.05) is 18.6 Å². The second-order valence-electron chi connectivity index (χ2n) is 7.12. The Morgan fingerprint density at radius 1 is 0.955 bits per heavy atom. The summed E-state index contributed by atoms with van der Waals surface area (Å²) in [5, 5.41) is 0. The van der Waals surface area contributed by atoms with Crippen LogP contribution in [-0.4, -0.2) is 32.6 Å². The summed E-state index contributed by atoms with van der Waals surface area (Å²) in [5.41, 5.74) is -0.121. The van der Waals surface area contributed by atoms with Crippen LogP contribution in [0.3, 0.4) is 0 Å². The van der Waals surface area contributed by atoms with E-state index in [4.69, 9.17) is 19.2 Å². The van der Waals surface area contributed by atoms with Crippen molar-refractivity contribution in [1.82, 2.24) is 0 Å². The molecule has 2 unspecified atom stereocenters. The van der Waals surface area contributed by atoms with Crippen molar-refractivity contribution < 1.29 is 24.0 Å². The third-order valence-electron chi connectivity index (χ3n) is 4.48. The minimum Gasteiger partial charge on any atom is -0.432 e. The Kier molecular flexibility index (Phi) is 8.18. The van der Waals surface area contributed by atoms with Crippen LogP contribution in [0.2, 0.25) is 0 Å². The van der Waals surface area contributed by atoms with Gasteiger partial charge in [-0.2, -0.15) is 4.89 Å². The zero-order valence-corrected chi connectivity index (χ0v) is 14.6. The van der Waals surface area contributed by atoms with E-state index >= 15 is 0 Å². The van der Waals surface area contributed by atoms with E-state index in [9.17, 15) is 4.79 Å². The van der Waals surface area contributed by atoms with Crippen LogP contribution in [0.15, 0.2) is 0 Å². The van der Waals surface area contributed by atoms with E-state index in [1.165, 1.54) is 0 Å². The Balaban J connectivity index is 2.64. The number of cyclic esters (lactones) is 1. The number of ether oxygens (including phenoxy) is 2. The summed E-state index contributed by atoms with van der Waals surface area (Å²) in [5.74, 6) is 0. The summed E-state index contributed by atoms with van der Waals surface area (Å²) in [6.45, 7) is 10.6. The molecule has 5 nitrogen and oxygen atoms in total. The normalized spacial score (nSPS) is 32.1. The lowest BCUT2D eigenvalue weighted by Gasteiger charge is -2.28. The maximum atomic E-state index is 11.6. The molecule has 1 fully saturated rings. The van der Waals surface area contributed by atoms with Crippen LogP contribution >= 0.6 is 0 Å². The molecule has 2 atom stereocenters. The van der Waals surface area contributed by atoms with Gasteiger partial charge in [-0.1, -0.05) is 40.5 Å².